The van der Waals surface area contributed by atoms with Gasteiger partial charge < -0.3 is 10.3 Å². The average Bonchev–Trinajstić information content (AvgIpc) is 2.42. The molecule has 4 heteroatoms. The highest BCUT2D eigenvalue weighted by atomic mass is 31.2. The van der Waals surface area contributed by atoms with Gasteiger partial charge in [0.2, 0.25) is 7.37 Å². The van der Waals surface area contributed by atoms with Gasteiger partial charge in [0.15, 0.2) is 0 Å². The van der Waals surface area contributed by atoms with E-state index in [1.165, 1.54) is 7.11 Å². The van der Waals surface area contributed by atoms with Gasteiger partial charge in [-0.05, 0) is 23.8 Å². The Balaban J connectivity index is 2.36. The highest BCUT2D eigenvalue weighted by Crippen LogP contribution is 2.48. The van der Waals surface area contributed by atoms with Crippen molar-refractivity contribution < 1.29 is 9.09 Å². The van der Waals surface area contributed by atoms with Crippen molar-refractivity contribution >= 4 is 18.4 Å². The number of anilines is 1. The molecule has 2 rings (SSSR count). The van der Waals surface area contributed by atoms with Gasteiger partial charge in [0.1, 0.15) is 0 Å². The molecule has 1 atom stereocenters. The third kappa shape index (κ3) is 2.63. The van der Waals surface area contributed by atoms with Crippen LogP contribution in [-0.2, 0) is 15.3 Å². The summed E-state index contributed by atoms with van der Waals surface area (Å²) in [5.74, 6) is 0. The first kappa shape index (κ1) is 12.9. The molecule has 0 amide bonds. The molecule has 0 aliphatic rings. The van der Waals surface area contributed by atoms with Crippen LogP contribution in [0.2, 0.25) is 0 Å². The largest absolute Gasteiger partial charge is 0.398 e. The van der Waals surface area contributed by atoms with E-state index in [4.69, 9.17) is 10.3 Å². The Morgan fingerprint density at radius 1 is 1.06 bits per heavy atom. The maximum Gasteiger partial charge on any atom is 0.236 e. The molecule has 0 spiro atoms. The molecule has 0 aliphatic carbocycles. The zero-order valence-corrected chi connectivity index (χ0v) is 11.1. The fourth-order valence-electron chi connectivity index (χ4n) is 1.82. The van der Waals surface area contributed by atoms with Crippen LogP contribution in [0.3, 0.4) is 0 Å². The minimum absolute atomic E-state index is 0.320. The minimum atomic E-state index is -2.88. The van der Waals surface area contributed by atoms with Gasteiger partial charge in [0.05, 0.1) is 6.16 Å². The van der Waals surface area contributed by atoms with Crippen molar-refractivity contribution in [3.63, 3.8) is 0 Å². The number of para-hydroxylation sites is 1. The Morgan fingerprint density at radius 3 is 2.28 bits per heavy atom. The molecule has 0 saturated carbocycles. The molecule has 0 fully saturated rings. The first-order chi connectivity index (χ1) is 8.65. The molecule has 3 nitrogen and oxygen atoms in total. The number of rotatable bonds is 4. The lowest BCUT2D eigenvalue weighted by Crippen LogP contribution is -2.08. The van der Waals surface area contributed by atoms with Gasteiger partial charge in [0.25, 0.3) is 0 Å². The fourth-order valence-corrected chi connectivity index (χ4v) is 3.70. The van der Waals surface area contributed by atoms with Crippen molar-refractivity contribution in [1.82, 2.24) is 0 Å². The van der Waals surface area contributed by atoms with Gasteiger partial charge in [-0.1, -0.05) is 36.4 Å². The van der Waals surface area contributed by atoms with Crippen LogP contribution in [0.15, 0.2) is 54.6 Å². The van der Waals surface area contributed by atoms with Gasteiger partial charge in [0, 0.05) is 18.1 Å². The standard InChI is InChI=1S/C14H16NO2P/c1-17-18(16,13-8-3-2-4-9-13)11-12-7-5-6-10-14(12)15/h2-10H,11,15H2,1H3. The van der Waals surface area contributed by atoms with E-state index in [2.05, 4.69) is 0 Å². The van der Waals surface area contributed by atoms with E-state index in [0.717, 1.165) is 10.9 Å². The Morgan fingerprint density at radius 2 is 1.67 bits per heavy atom. The first-order valence-corrected chi connectivity index (χ1v) is 7.50. The monoisotopic (exact) mass is 261 g/mol. The zero-order valence-electron chi connectivity index (χ0n) is 10.2. The molecule has 0 heterocycles. The third-order valence-electron chi connectivity index (χ3n) is 2.88. The van der Waals surface area contributed by atoms with E-state index in [1.807, 2.05) is 48.5 Å². The van der Waals surface area contributed by atoms with Crippen LogP contribution in [-0.4, -0.2) is 7.11 Å². The molecule has 0 radical (unpaired) electrons. The summed E-state index contributed by atoms with van der Waals surface area (Å²) in [5, 5.41) is 0.718. The highest BCUT2D eigenvalue weighted by molar-refractivity contribution is 7.66. The lowest BCUT2D eigenvalue weighted by Gasteiger charge is -2.17. The van der Waals surface area contributed by atoms with E-state index in [9.17, 15) is 4.57 Å². The van der Waals surface area contributed by atoms with Crippen LogP contribution in [0.4, 0.5) is 5.69 Å². The zero-order chi connectivity index (χ0) is 13.0. The molecular formula is C14H16NO2P. The van der Waals surface area contributed by atoms with Crippen LogP contribution in [0, 0.1) is 0 Å². The lowest BCUT2D eigenvalue weighted by atomic mass is 10.2. The van der Waals surface area contributed by atoms with Crippen molar-refractivity contribution in [2.45, 2.75) is 6.16 Å². The maximum atomic E-state index is 12.8. The SMILES string of the molecule is COP(=O)(Cc1ccccc1N)c1ccccc1. The minimum Gasteiger partial charge on any atom is -0.398 e. The molecule has 0 aromatic heterocycles. The van der Waals surface area contributed by atoms with Crippen LogP contribution >= 0.6 is 7.37 Å². The first-order valence-electron chi connectivity index (χ1n) is 5.69. The number of hydrogen-bond donors (Lipinski definition) is 1. The highest BCUT2D eigenvalue weighted by Gasteiger charge is 2.25. The number of hydrogen-bond acceptors (Lipinski definition) is 3. The third-order valence-corrected chi connectivity index (χ3v) is 5.31. The predicted molar refractivity (Wildman–Crippen MR) is 75.2 cm³/mol. The summed E-state index contributed by atoms with van der Waals surface area (Å²) in [5.41, 5.74) is 7.38. The summed E-state index contributed by atoms with van der Waals surface area (Å²) in [4.78, 5) is 0. The molecule has 0 bridgehead atoms. The molecule has 2 aromatic carbocycles. The molecule has 18 heavy (non-hydrogen) atoms. The number of benzene rings is 2. The van der Waals surface area contributed by atoms with Gasteiger partial charge in [-0.15, -0.1) is 0 Å². The van der Waals surface area contributed by atoms with Gasteiger partial charge in [-0.25, -0.2) is 0 Å². The van der Waals surface area contributed by atoms with E-state index in [1.54, 1.807) is 6.07 Å². The smallest absolute Gasteiger partial charge is 0.236 e. The normalized spacial score (nSPS) is 14.1. The lowest BCUT2D eigenvalue weighted by molar-refractivity contribution is 0.402. The molecule has 0 saturated heterocycles. The van der Waals surface area contributed by atoms with Crippen molar-refractivity contribution in [1.29, 1.82) is 0 Å². The van der Waals surface area contributed by atoms with E-state index >= 15 is 0 Å². The Bertz CT molecular complexity index is 569. The fraction of sp³-hybridized carbons (Fsp3) is 0.143. The molecule has 1 unspecified atom stereocenters. The predicted octanol–water partition coefficient (Wildman–Crippen LogP) is 3.02. The van der Waals surface area contributed by atoms with Crippen LogP contribution < -0.4 is 11.0 Å². The van der Waals surface area contributed by atoms with Gasteiger partial charge >= 0.3 is 0 Å². The summed E-state index contributed by atoms with van der Waals surface area (Å²) in [7, 11) is -1.40. The average molecular weight is 261 g/mol. The van der Waals surface area contributed by atoms with Crippen molar-refractivity contribution in [3.05, 3.63) is 60.2 Å². The van der Waals surface area contributed by atoms with Gasteiger partial charge in [-0.2, -0.15) is 0 Å². The molecule has 94 valence electrons. The van der Waals surface area contributed by atoms with Crippen LogP contribution in [0.1, 0.15) is 5.56 Å². The molecule has 2 N–H and O–H groups in total. The topological polar surface area (TPSA) is 52.3 Å². The summed E-state index contributed by atoms with van der Waals surface area (Å²) in [6, 6.07) is 16.7. The van der Waals surface area contributed by atoms with Crippen molar-refractivity contribution in [2.75, 3.05) is 12.8 Å². The van der Waals surface area contributed by atoms with Crippen molar-refractivity contribution in [2.24, 2.45) is 0 Å². The second-order valence-corrected chi connectivity index (χ2v) is 6.59. The van der Waals surface area contributed by atoms with E-state index in [0.29, 0.717) is 11.8 Å². The van der Waals surface area contributed by atoms with E-state index in [-0.39, 0.29) is 0 Å². The van der Waals surface area contributed by atoms with Gasteiger partial charge in [-0.3, -0.25) is 4.57 Å². The second kappa shape index (κ2) is 5.38. The summed E-state index contributed by atoms with van der Waals surface area (Å²) < 4.78 is 18.1. The number of nitrogens with two attached hydrogens (primary N) is 1. The summed E-state index contributed by atoms with van der Waals surface area (Å²) in [6.07, 6.45) is 0.320. The maximum absolute atomic E-state index is 12.8. The molecule has 0 aliphatic heterocycles. The Labute approximate surface area is 107 Å². The Kier molecular flexibility index (Phi) is 3.85. The van der Waals surface area contributed by atoms with Crippen molar-refractivity contribution in [3.8, 4) is 0 Å². The second-order valence-electron chi connectivity index (χ2n) is 4.05. The molecular weight excluding hydrogens is 245 g/mol. The number of nitrogen functional groups attached to an aromatic ring is 1. The summed E-state index contributed by atoms with van der Waals surface area (Å²) >= 11 is 0. The van der Waals surface area contributed by atoms with Crippen LogP contribution in [0.25, 0.3) is 0 Å². The van der Waals surface area contributed by atoms with Crippen LogP contribution in [0.5, 0.6) is 0 Å². The van der Waals surface area contributed by atoms with E-state index < -0.39 is 7.37 Å². The Hall–Kier alpha value is -1.57. The molecule has 2 aromatic rings. The summed E-state index contributed by atoms with van der Waals surface area (Å²) in [6.45, 7) is 0. The quantitative estimate of drug-likeness (QED) is 0.680.